The standard InChI is InChI=1S/C26H26N2O5S/c1-31-17-7-8-21-20(15-17)24(29)27-26(33-21)9-11-28(12-10-26)25(30)16-13-19-18(22(14-16)32-2)5-4-6-23(19)34-3/h4-8,13-15H,9-12H2,1-3H3,(H,27,29). The van der Waals surface area contributed by atoms with Gasteiger partial charge in [0.25, 0.3) is 11.8 Å². The van der Waals surface area contributed by atoms with Crippen LogP contribution in [0.2, 0.25) is 0 Å². The van der Waals surface area contributed by atoms with Gasteiger partial charge in [0.1, 0.15) is 17.2 Å². The molecule has 1 fully saturated rings. The van der Waals surface area contributed by atoms with Gasteiger partial charge >= 0.3 is 0 Å². The molecule has 1 saturated heterocycles. The number of benzene rings is 3. The van der Waals surface area contributed by atoms with E-state index < -0.39 is 5.72 Å². The summed E-state index contributed by atoms with van der Waals surface area (Å²) in [4.78, 5) is 29.1. The molecular formula is C26H26N2O5S. The van der Waals surface area contributed by atoms with Gasteiger partial charge in [0.15, 0.2) is 5.72 Å². The first-order valence-electron chi connectivity index (χ1n) is 11.1. The molecule has 176 valence electrons. The molecule has 0 unspecified atom stereocenters. The third-order valence-corrected chi connectivity index (χ3v) is 7.34. The first-order chi connectivity index (χ1) is 16.5. The fraction of sp³-hybridized carbons (Fsp3) is 0.308. The van der Waals surface area contributed by atoms with Crippen molar-refractivity contribution in [2.24, 2.45) is 0 Å². The predicted octanol–water partition coefficient (Wildman–Crippen LogP) is 4.33. The Morgan fingerprint density at radius 3 is 2.56 bits per heavy atom. The quantitative estimate of drug-likeness (QED) is 0.563. The number of methoxy groups -OCH3 is 2. The van der Waals surface area contributed by atoms with E-state index in [0.29, 0.717) is 54.3 Å². The molecule has 0 radical (unpaired) electrons. The fourth-order valence-electron chi connectivity index (χ4n) is 4.69. The molecule has 3 aromatic carbocycles. The largest absolute Gasteiger partial charge is 0.497 e. The molecule has 0 bridgehead atoms. The lowest BCUT2D eigenvalue weighted by atomic mass is 9.96. The zero-order valence-corrected chi connectivity index (χ0v) is 20.2. The van der Waals surface area contributed by atoms with Gasteiger partial charge in [0, 0.05) is 41.8 Å². The highest BCUT2D eigenvalue weighted by Crippen LogP contribution is 2.37. The Hall–Kier alpha value is -3.39. The van der Waals surface area contributed by atoms with Crippen LogP contribution >= 0.6 is 11.8 Å². The third kappa shape index (κ3) is 3.81. The molecule has 3 aromatic rings. The summed E-state index contributed by atoms with van der Waals surface area (Å²) in [5.74, 6) is 1.57. The zero-order chi connectivity index (χ0) is 23.9. The third-order valence-electron chi connectivity index (χ3n) is 6.54. The van der Waals surface area contributed by atoms with Crippen LogP contribution in [0.3, 0.4) is 0 Å². The average molecular weight is 479 g/mol. The number of carbonyl (C=O) groups is 2. The van der Waals surface area contributed by atoms with Gasteiger partial charge in [-0.1, -0.05) is 12.1 Å². The summed E-state index contributed by atoms with van der Waals surface area (Å²) in [6.45, 7) is 0.935. The van der Waals surface area contributed by atoms with E-state index in [1.165, 1.54) is 0 Å². The lowest BCUT2D eigenvalue weighted by molar-refractivity contribution is -0.0246. The van der Waals surface area contributed by atoms with Crippen LogP contribution in [0.1, 0.15) is 33.6 Å². The topological polar surface area (TPSA) is 77.1 Å². The van der Waals surface area contributed by atoms with Gasteiger partial charge < -0.3 is 24.4 Å². The number of amides is 2. The number of hydrogen-bond donors (Lipinski definition) is 1. The number of rotatable bonds is 4. The summed E-state index contributed by atoms with van der Waals surface area (Å²) in [5.41, 5.74) is 0.229. The summed E-state index contributed by atoms with van der Waals surface area (Å²) in [5, 5.41) is 5.00. The van der Waals surface area contributed by atoms with Gasteiger partial charge in [-0.25, -0.2) is 0 Å². The summed E-state index contributed by atoms with van der Waals surface area (Å²) in [6, 6.07) is 15.0. The lowest BCUT2D eigenvalue weighted by Gasteiger charge is -2.44. The van der Waals surface area contributed by atoms with Crippen molar-refractivity contribution in [2.75, 3.05) is 33.6 Å². The molecule has 2 aliphatic rings. The fourth-order valence-corrected chi connectivity index (χ4v) is 5.29. The Bertz CT molecular complexity index is 1280. The number of nitrogens with one attached hydrogen (secondary N) is 1. The number of carbonyl (C=O) groups excluding carboxylic acids is 2. The van der Waals surface area contributed by atoms with Crippen LogP contribution in [0.15, 0.2) is 53.4 Å². The number of nitrogens with zero attached hydrogens (tertiary/aromatic N) is 1. The highest BCUT2D eigenvalue weighted by atomic mass is 32.2. The van der Waals surface area contributed by atoms with Crippen molar-refractivity contribution in [3.63, 3.8) is 0 Å². The second-order valence-electron chi connectivity index (χ2n) is 8.44. The number of ether oxygens (including phenoxy) is 3. The van der Waals surface area contributed by atoms with Crippen molar-refractivity contribution in [1.82, 2.24) is 10.2 Å². The van der Waals surface area contributed by atoms with E-state index in [4.69, 9.17) is 14.2 Å². The van der Waals surface area contributed by atoms with E-state index >= 15 is 0 Å². The molecule has 0 aliphatic carbocycles. The number of thioether (sulfide) groups is 1. The van der Waals surface area contributed by atoms with Gasteiger partial charge in [-0.2, -0.15) is 0 Å². The summed E-state index contributed by atoms with van der Waals surface area (Å²) < 4.78 is 17.1. The molecule has 0 atom stereocenters. The molecule has 1 N–H and O–H groups in total. The van der Waals surface area contributed by atoms with Crippen LogP contribution < -0.4 is 19.5 Å². The van der Waals surface area contributed by atoms with Gasteiger partial charge in [0.05, 0.1) is 19.8 Å². The first-order valence-corrected chi connectivity index (χ1v) is 12.3. The maximum absolute atomic E-state index is 13.4. The predicted molar refractivity (Wildman–Crippen MR) is 131 cm³/mol. The van der Waals surface area contributed by atoms with Crippen LogP contribution in [0.25, 0.3) is 10.8 Å². The highest BCUT2D eigenvalue weighted by Gasteiger charge is 2.43. The normalized spacial score (nSPS) is 16.6. The Balaban J connectivity index is 1.36. The maximum atomic E-state index is 13.4. The molecule has 0 aromatic heterocycles. The Morgan fingerprint density at radius 2 is 1.85 bits per heavy atom. The van der Waals surface area contributed by atoms with Crippen LogP contribution in [0.5, 0.6) is 17.2 Å². The van der Waals surface area contributed by atoms with E-state index in [2.05, 4.69) is 5.32 Å². The highest BCUT2D eigenvalue weighted by molar-refractivity contribution is 7.98. The van der Waals surface area contributed by atoms with Gasteiger partial charge in [-0.05, 0) is 48.0 Å². The Labute approximate surface area is 202 Å². The van der Waals surface area contributed by atoms with E-state index in [1.54, 1.807) is 44.2 Å². The average Bonchev–Trinajstić information content (AvgIpc) is 2.87. The van der Waals surface area contributed by atoms with Crippen molar-refractivity contribution in [2.45, 2.75) is 23.5 Å². The zero-order valence-electron chi connectivity index (χ0n) is 19.3. The second-order valence-corrected chi connectivity index (χ2v) is 9.29. The smallest absolute Gasteiger partial charge is 0.258 e. The van der Waals surface area contributed by atoms with Crippen LogP contribution in [0, 0.1) is 0 Å². The van der Waals surface area contributed by atoms with Crippen LogP contribution in [-0.4, -0.2) is 56.0 Å². The van der Waals surface area contributed by atoms with Gasteiger partial charge in [-0.3, -0.25) is 9.59 Å². The van der Waals surface area contributed by atoms with E-state index in [-0.39, 0.29) is 11.8 Å². The maximum Gasteiger partial charge on any atom is 0.258 e. The first kappa shape index (κ1) is 22.4. The second kappa shape index (κ2) is 8.76. The van der Waals surface area contributed by atoms with Crippen LogP contribution in [-0.2, 0) is 0 Å². The minimum absolute atomic E-state index is 0.0572. The summed E-state index contributed by atoms with van der Waals surface area (Å²) in [6.07, 6.45) is 3.01. The Morgan fingerprint density at radius 1 is 1.06 bits per heavy atom. The molecule has 7 nitrogen and oxygen atoms in total. The van der Waals surface area contributed by atoms with E-state index in [9.17, 15) is 9.59 Å². The molecule has 1 spiro atoms. The molecule has 2 amide bonds. The van der Waals surface area contributed by atoms with Gasteiger partial charge in [0.2, 0.25) is 0 Å². The van der Waals surface area contributed by atoms with Gasteiger partial charge in [-0.15, -0.1) is 11.8 Å². The summed E-state index contributed by atoms with van der Waals surface area (Å²) in [7, 11) is 3.18. The molecule has 34 heavy (non-hydrogen) atoms. The minimum Gasteiger partial charge on any atom is -0.497 e. The van der Waals surface area contributed by atoms with E-state index in [0.717, 1.165) is 15.7 Å². The number of fused-ring (bicyclic) bond motifs is 2. The van der Waals surface area contributed by atoms with E-state index in [1.807, 2.05) is 41.5 Å². The van der Waals surface area contributed by atoms with Crippen molar-refractivity contribution in [3.8, 4) is 17.2 Å². The van der Waals surface area contributed by atoms with Crippen molar-refractivity contribution in [3.05, 3.63) is 59.7 Å². The van der Waals surface area contributed by atoms with Crippen LogP contribution in [0.4, 0.5) is 0 Å². The number of hydrogen-bond acceptors (Lipinski definition) is 6. The molecular weight excluding hydrogens is 452 g/mol. The molecule has 5 rings (SSSR count). The molecule has 0 saturated carbocycles. The number of likely N-dealkylation sites (tertiary alicyclic amines) is 1. The monoisotopic (exact) mass is 478 g/mol. The lowest BCUT2D eigenvalue weighted by Crippen LogP contribution is -2.61. The minimum atomic E-state index is -0.817. The Kier molecular flexibility index (Phi) is 5.77. The van der Waals surface area contributed by atoms with Crippen molar-refractivity contribution < 1.29 is 23.8 Å². The molecule has 8 heteroatoms. The number of piperidine rings is 1. The SMILES string of the molecule is COc1ccc2c(c1)C(=O)NC1(CCN(C(=O)c3cc(OC)c4cccc(SC)c4c3)CC1)O2. The van der Waals surface area contributed by atoms with Crippen molar-refractivity contribution >= 4 is 34.3 Å². The molecule has 2 heterocycles. The van der Waals surface area contributed by atoms with Crippen molar-refractivity contribution in [1.29, 1.82) is 0 Å². The summed E-state index contributed by atoms with van der Waals surface area (Å²) >= 11 is 1.64. The molecule has 2 aliphatic heterocycles.